The molecule has 1 aliphatic heterocycles. The van der Waals surface area contributed by atoms with Crippen molar-refractivity contribution in [3.63, 3.8) is 0 Å². The standard InChI is InChI=1S/C27H25NO4S/c1-19-6-8-22(9-7-19)18-32-23-12-10-21(11-13-23)17-25-26(29)28(27(30)33-25)14-15-31-24-5-3-4-20(2)16-24/h3-13,16-17H,14-15,18H2,1-2H3/b25-17-. The first kappa shape index (κ1) is 22.7. The fourth-order valence-electron chi connectivity index (χ4n) is 3.32. The van der Waals surface area contributed by atoms with Gasteiger partial charge in [-0.15, -0.1) is 0 Å². The zero-order valence-electron chi connectivity index (χ0n) is 18.6. The highest BCUT2D eigenvalue weighted by atomic mass is 32.2. The highest BCUT2D eigenvalue weighted by Gasteiger charge is 2.34. The van der Waals surface area contributed by atoms with Crippen molar-refractivity contribution in [2.24, 2.45) is 0 Å². The summed E-state index contributed by atoms with van der Waals surface area (Å²) in [5.41, 5.74) is 4.24. The second kappa shape index (κ2) is 10.4. The van der Waals surface area contributed by atoms with E-state index in [1.165, 1.54) is 10.5 Å². The summed E-state index contributed by atoms with van der Waals surface area (Å²) in [5, 5.41) is -0.280. The van der Waals surface area contributed by atoms with Gasteiger partial charge in [-0.05, 0) is 72.6 Å². The number of carbonyl (C=O) groups is 2. The predicted octanol–water partition coefficient (Wildman–Crippen LogP) is 6.00. The van der Waals surface area contributed by atoms with Crippen molar-refractivity contribution in [2.75, 3.05) is 13.2 Å². The van der Waals surface area contributed by atoms with Crippen molar-refractivity contribution in [2.45, 2.75) is 20.5 Å². The maximum atomic E-state index is 12.7. The summed E-state index contributed by atoms with van der Waals surface area (Å²) >= 11 is 0.950. The molecule has 3 aromatic carbocycles. The van der Waals surface area contributed by atoms with Gasteiger partial charge >= 0.3 is 0 Å². The summed E-state index contributed by atoms with van der Waals surface area (Å²) in [6.45, 7) is 4.99. The minimum Gasteiger partial charge on any atom is -0.492 e. The van der Waals surface area contributed by atoms with Crippen LogP contribution in [0.3, 0.4) is 0 Å². The molecule has 1 saturated heterocycles. The van der Waals surface area contributed by atoms with Crippen LogP contribution in [0, 0.1) is 13.8 Å². The average molecular weight is 460 g/mol. The molecule has 4 rings (SSSR count). The number of ether oxygens (including phenoxy) is 2. The van der Waals surface area contributed by atoms with Crippen LogP contribution in [0.2, 0.25) is 0 Å². The fraction of sp³-hybridized carbons (Fsp3) is 0.185. The van der Waals surface area contributed by atoms with Gasteiger partial charge in [-0.25, -0.2) is 0 Å². The lowest BCUT2D eigenvalue weighted by atomic mass is 10.1. The number of rotatable bonds is 8. The number of imide groups is 1. The number of nitrogens with zero attached hydrogens (tertiary/aromatic N) is 1. The lowest BCUT2D eigenvalue weighted by Crippen LogP contribution is -2.32. The molecule has 0 N–H and O–H groups in total. The Bertz CT molecular complexity index is 1170. The first-order valence-corrected chi connectivity index (χ1v) is 11.5. The van der Waals surface area contributed by atoms with Crippen molar-refractivity contribution in [1.29, 1.82) is 0 Å². The molecule has 1 fully saturated rings. The van der Waals surface area contributed by atoms with Crippen LogP contribution < -0.4 is 9.47 Å². The van der Waals surface area contributed by atoms with Crippen molar-refractivity contribution < 1.29 is 19.1 Å². The van der Waals surface area contributed by atoms with Gasteiger partial charge in [-0.2, -0.15) is 0 Å². The molecule has 33 heavy (non-hydrogen) atoms. The SMILES string of the molecule is Cc1ccc(COc2ccc(/C=C3\SC(=O)N(CCOc4cccc(C)c4)C3=O)cc2)cc1. The smallest absolute Gasteiger partial charge is 0.293 e. The Balaban J connectivity index is 1.32. The molecule has 0 aliphatic carbocycles. The lowest BCUT2D eigenvalue weighted by molar-refractivity contribution is -0.123. The van der Waals surface area contributed by atoms with E-state index in [0.29, 0.717) is 11.5 Å². The highest BCUT2D eigenvalue weighted by Crippen LogP contribution is 2.32. The first-order valence-electron chi connectivity index (χ1n) is 10.7. The third-order valence-corrected chi connectivity index (χ3v) is 6.06. The Labute approximate surface area is 198 Å². The van der Waals surface area contributed by atoms with Crippen molar-refractivity contribution in [1.82, 2.24) is 4.90 Å². The largest absolute Gasteiger partial charge is 0.492 e. The Morgan fingerprint density at radius 2 is 1.61 bits per heavy atom. The third-order valence-electron chi connectivity index (χ3n) is 5.15. The number of benzene rings is 3. The highest BCUT2D eigenvalue weighted by molar-refractivity contribution is 8.18. The molecule has 5 nitrogen and oxygen atoms in total. The number of thioether (sulfide) groups is 1. The normalized spacial score (nSPS) is 14.7. The quantitative estimate of drug-likeness (QED) is 0.387. The van der Waals surface area contributed by atoms with Crippen molar-refractivity contribution in [3.8, 4) is 11.5 Å². The maximum Gasteiger partial charge on any atom is 0.293 e. The molecule has 6 heteroatoms. The molecule has 0 unspecified atom stereocenters. The van der Waals surface area contributed by atoms with Crippen LogP contribution in [0.4, 0.5) is 4.79 Å². The van der Waals surface area contributed by atoms with E-state index in [1.54, 1.807) is 6.08 Å². The second-order valence-electron chi connectivity index (χ2n) is 7.84. The van der Waals surface area contributed by atoms with Gasteiger partial charge in [-0.1, -0.05) is 54.1 Å². The zero-order valence-corrected chi connectivity index (χ0v) is 19.4. The van der Waals surface area contributed by atoms with E-state index < -0.39 is 0 Å². The minimum absolute atomic E-state index is 0.210. The van der Waals surface area contributed by atoms with Crippen molar-refractivity contribution in [3.05, 3.63) is 100.0 Å². The number of amides is 2. The van der Waals surface area contributed by atoms with Crippen LogP contribution in [0.15, 0.2) is 77.7 Å². The Hall–Kier alpha value is -3.51. The summed E-state index contributed by atoms with van der Waals surface area (Å²) in [6, 6.07) is 23.4. The average Bonchev–Trinajstić information content (AvgIpc) is 3.07. The topological polar surface area (TPSA) is 55.8 Å². The monoisotopic (exact) mass is 459 g/mol. The molecule has 3 aromatic rings. The summed E-state index contributed by atoms with van der Waals surface area (Å²) in [6.07, 6.45) is 1.73. The maximum absolute atomic E-state index is 12.7. The van der Waals surface area contributed by atoms with E-state index in [4.69, 9.17) is 9.47 Å². The number of carbonyl (C=O) groups excluding carboxylic acids is 2. The van der Waals surface area contributed by atoms with E-state index in [-0.39, 0.29) is 24.3 Å². The number of hydrogen-bond acceptors (Lipinski definition) is 5. The van der Waals surface area contributed by atoms with Gasteiger partial charge in [0.1, 0.15) is 24.7 Å². The second-order valence-corrected chi connectivity index (χ2v) is 8.83. The van der Waals surface area contributed by atoms with E-state index in [2.05, 4.69) is 19.1 Å². The van der Waals surface area contributed by atoms with Crippen LogP contribution in [-0.2, 0) is 11.4 Å². The van der Waals surface area contributed by atoms with Gasteiger partial charge in [0.05, 0.1) is 11.4 Å². The lowest BCUT2D eigenvalue weighted by Gasteiger charge is -2.13. The molecular formula is C27H25NO4S. The summed E-state index contributed by atoms with van der Waals surface area (Å²) in [5.74, 6) is 1.17. The zero-order chi connectivity index (χ0) is 23.2. The molecule has 168 valence electrons. The molecule has 0 atom stereocenters. The minimum atomic E-state index is -0.294. The van der Waals surface area contributed by atoms with Crippen LogP contribution in [0.5, 0.6) is 11.5 Å². The molecule has 0 aromatic heterocycles. The van der Waals surface area contributed by atoms with E-state index in [1.807, 2.05) is 67.6 Å². The Morgan fingerprint density at radius 1 is 0.848 bits per heavy atom. The van der Waals surface area contributed by atoms with Gasteiger partial charge in [0, 0.05) is 0 Å². The Kier molecular flexibility index (Phi) is 7.15. The summed E-state index contributed by atoms with van der Waals surface area (Å²) < 4.78 is 11.5. The van der Waals surface area contributed by atoms with Gasteiger partial charge in [0.2, 0.25) is 0 Å². The molecule has 0 spiro atoms. The summed E-state index contributed by atoms with van der Waals surface area (Å²) in [7, 11) is 0. The predicted molar refractivity (Wildman–Crippen MR) is 131 cm³/mol. The van der Waals surface area contributed by atoms with E-state index in [0.717, 1.165) is 40.0 Å². The molecule has 1 aliphatic rings. The van der Waals surface area contributed by atoms with Crippen LogP contribution in [0.25, 0.3) is 6.08 Å². The van der Waals surface area contributed by atoms with Crippen LogP contribution >= 0.6 is 11.8 Å². The van der Waals surface area contributed by atoms with Gasteiger partial charge in [0.15, 0.2) is 0 Å². The van der Waals surface area contributed by atoms with Crippen LogP contribution in [0.1, 0.15) is 22.3 Å². The third kappa shape index (κ3) is 6.05. The number of hydrogen-bond donors (Lipinski definition) is 0. The fourth-order valence-corrected chi connectivity index (χ4v) is 4.18. The van der Waals surface area contributed by atoms with E-state index >= 15 is 0 Å². The molecule has 2 amide bonds. The van der Waals surface area contributed by atoms with Crippen molar-refractivity contribution >= 4 is 29.0 Å². The summed E-state index contributed by atoms with van der Waals surface area (Å²) in [4.78, 5) is 26.7. The van der Waals surface area contributed by atoms with Gasteiger partial charge in [-0.3, -0.25) is 14.5 Å². The van der Waals surface area contributed by atoms with Gasteiger partial charge in [0.25, 0.3) is 11.1 Å². The van der Waals surface area contributed by atoms with E-state index in [9.17, 15) is 9.59 Å². The number of aryl methyl sites for hydroxylation is 2. The molecule has 0 bridgehead atoms. The van der Waals surface area contributed by atoms with Gasteiger partial charge < -0.3 is 9.47 Å². The van der Waals surface area contributed by atoms with Crippen LogP contribution in [-0.4, -0.2) is 29.2 Å². The molecule has 1 heterocycles. The Morgan fingerprint density at radius 3 is 2.33 bits per heavy atom. The first-order chi connectivity index (χ1) is 16.0. The molecule has 0 saturated carbocycles. The molecule has 0 radical (unpaired) electrons. The molecular weight excluding hydrogens is 434 g/mol.